The zero-order valence-electron chi connectivity index (χ0n) is 18.5. The summed E-state index contributed by atoms with van der Waals surface area (Å²) in [5.74, 6) is 6.98. The summed E-state index contributed by atoms with van der Waals surface area (Å²) >= 11 is 0. The minimum atomic E-state index is -1.18. The lowest BCUT2D eigenvalue weighted by Gasteiger charge is -2.37. The van der Waals surface area contributed by atoms with Gasteiger partial charge in [0.05, 0.1) is 45.5 Å². The van der Waals surface area contributed by atoms with E-state index < -0.39 is 10.3 Å². The van der Waals surface area contributed by atoms with E-state index in [1.54, 1.807) is 0 Å². The van der Waals surface area contributed by atoms with Crippen LogP contribution in [0.15, 0.2) is 11.2 Å². The molecule has 35 heavy (non-hydrogen) atoms. The van der Waals surface area contributed by atoms with Gasteiger partial charge in [-0.05, 0) is 5.18 Å². The quantitative estimate of drug-likeness (QED) is 0.0727. The summed E-state index contributed by atoms with van der Waals surface area (Å²) in [7, 11) is 0. The molecule has 0 aromatic heterocycles. The first kappa shape index (κ1) is 24.2. The molecule has 0 saturated carbocycles. The Kier molecular flexibility index (Phi) is 5.24. The Balaban J connectivity index is 2.75. The normalized spacial score (nSPS) is 12.8. The van der Waals surface area contributed by atoms with Crippen LogP contribution in [0.1, 0.15) is 0 Å². The van der Waals surface area contributed by atoms with E-state index in [1.165, 1.54) is 6.07 Å². The molecule has 0 aliphatic heterocycles. The maximum Gasteiger partial charge on any atom is 0.213 e. The van der Waals surface area contributed by atoms with Gasteiger partial charge in [-0.2, -0.15) is 5.84 Å². The third-order valence-corrected chi connectivity index (χ3v) is 5.91. The predicted molar refractivity (Wildman–Crippen MR) is 147 cm³/mol. The van der Waals surface area contributed by atoms with Gasteiger partial charge in [-0.25, -0.2) is 0 Å². The zero-order valence-corrected chi connectivity index (χ0v) is 18.5. The number of nitrogen functional groups attached to an aromatic ring is 13. The summed E-state index contributed by atoms with van der Waals surface area (Å²) in [4.78, 5) is 11.6. The lowest BCUT2D eigenvalue weighted by Crippen LogP contribution is -2.49. The predicted octanol–water partition coefficient (Wildman–Crippen LogP) is -0.503. The van der Waals surface area contributed by atoms with E-state index in [4.69, 9.17) is 80.4 Å². The minimum absolute atomic E-state index is 0.0249. The number of benzene rings is 3. The van der Waals surface area contributed by atoms with Crippen LogP contribution in [0.5, 0.6) is 0 Å². The van der Waals surface area contributed by atoms with Crippen LogP contribution in [0.2, 0.25) is 0 Å². The topological polar surface area (TPSA) is 394 Å². The van der Waals surface area contributed by atoms with E-state index >= 15 is 0 Å². The van der Waals surface area contributed by atoms with Gasteiger partial charge in [0.25, 0.3) is 0 Å². The molecule has 17 heteroatoms. The van der Waals surface area contributed by atoms with Crippen molar-refractivity contribution in [2.75, 3.05) is 74.5 Å². The first-order valence-corrected chi connectivity index (χ1v) is 9.67. The second-order valence-corrected chi connectivity index (χ2v) is 7.81. The second kappa shape index (κ2) is 7.57. The summed E-state index contributed by atoms with van der Waals surface area (Å²) < 4.78 is -1.18. The largest absolute Gasteiger partial charge is 0.397 e. The van der Waals surface area contributed by atoms with Crippen molar-refractivity contribution < 1.29 is 0 Å². The molecule has 3 aromatic rings. The Morgan fingerprint density at radius 2 is 0.857 bits per heavy atom. The molecule has 0 fully saturated rings. The van der Waals surface area contributed by atoms with Crippen LogP contribution in [0.3, 0.4) is 0 Å². The number of rotatable bonds is 4. The zero-order chi connectivity index (χ0) is 26.7. The smallest absolute Gasteiger partial charge is 0.213 e. The van der Waals surface area contributed by atoms with Gasteiger partial charge in [0.15, 0.2) is 11.4 Å². The molecule has 0 aliphatic rings. The van der Waals surface area contributed by atoms with Gasteiger partial charge in [0.2, 0.25) is 11.4 Å². The van der Waals surface area contributed by atoms with Crippen molar-refractivity contribution in [1.82, 2.24) is 4.59 Å². The van der Waals surface area contributed by atoms with Crippen LogP contribution in [0.4, 0.5) is 96.7 Å². The Labute approximate surface area is 198 Å². The summed E-state index contributed by atoms with van der Waals surface area (Å²) in [6.07, 6.45) is 0. The molecular formula is C18H29N16O+. The molecule has 1 unspecified atom stereocenters. The minimum Gasteiger partial charge on any atom is -0.397 e. The maximum absolute atomic E-state index is 11.6. The number of nitroso groups, excluding NO2 is 1. The Morgan fingerprint density at radius 3 is 1.31 bits per heavy atom. The van der Waals surface area contributed by atoms with E-state index in [0.717, 1.165) is 0 Å². The van der Waals surface area contributed by atoms with Crippen LogP contribution in [-0.4, -0.2) is 0 Å². The molecule has 0 radical (unpaired) electrons. The highest BCUT2D eigenvalue weighted by Gasteiger charge is 2.46. The van der Waals surface area contributed by atoms with Crippen molar-refractivity contribution in [3.8, 4) is 0 Å². The molecule has 0 bridgehead atoms. The molecule has 0 saturated heterocycles. The number of hydrogen-bond donors (Lipinski definition) is 14. The van der Waals surface area contributed by atoms with Gasteiger partial charge in [0.1, 0.15) is 28.4 Å². The van der Waals surface area contributed by atoms with E-state index in [2.05, 4.69) is 5.18 Å². The number of nitrogens with zero attached hydrogens (tertiary/aromatic N) is 2. The Bertz CT molecular complexity index is 1390. The molecule has 3 rings (SSSR count). The van der Waals surface area contributed by atoms with Crippen molar-refractivity contribution in [3.05, 3.63) is 11.0 Å². The summed E-state index contributed by atoms with van der Waals surface area (Å²) in [6.45, 7) is 0. The molecule has 186 valence electrons. The standard InChI is InChI=1S/C18H28N16O/c19-2-1-3(5(21)6(22)4(2)20)34(32,17-12(28)8(24)7(23)9(25)13(17)29)18-14(30)10(26)11(27)16(33-35)15(18)31/h1H,32H2,(H25-,19,20,21,22,23,24,25,26,27,28,29,30,31,33,35)/p+1. The van der Waals surface area contributed by atoms with E-state index in [0.29, 0.717) is 0 Å². The molecule has 0 spiro atoms. The van der Waals surface area contributed by atoms with Crippen molar-refractivity contribution in [3.63, 3.8) is 0 Å². The molecular weight excluding hydrogens is 456 g/mol. The SMILES string of the molecule is Nc1cc([N+](N)(c2c(N)c(N)c(N)c(N)c2N)c2c(N)c(N)c(N)c(N=O)c2N)c(N)c(N)c1N. The Morgan fingerprint density at radius 1 is 0.486 bits per heavy atom. The number of quaternary nitrogens is 1. The van der Waals surface area contributed by atoms with Gasteiger partial charge < -0.3 is 74.5 Å². The summed E-state index contributed by atoms with van der Waals surface area (Å²) in [6, 6.07) is 1.28. The molecule has 0 aliphatic carbocycles. The lowest BCUT2D eigenvalue weighted by molar-refractivity contribution is 0.558. The van der Waals surface area contributed by atoms with Crippen molar-refractivity contribution in [2.45, 2.75) is 0 Å². The van der Waals surface area contributed by atoms with Gasteiger partial charge in [-0.15, -0.1) is 9.50 Å². The first-order chi connectivity index (χ1) is 16.1. The fourth-order valence-corrected chi connectivity index (χ4v) is 3.88. The highest BCUT2D eigenvalue weighted by molar-refractivity contribution is 6.12. The maximum atomic E-state index is 11.6. The fraction of sp³-hybridized carbons (Fsp3) is 0. The number of hydrogen-bond acceptors (Lipinski definition) is 16. The molecule has 28 N–H and O–H groups in total. The van der Waals surface area contributed by atoms with E-state index in [1.807, 2.05) is 0 Å². The average molecular weight is 486 g/mol. The number of nitrogens with two attached hydrogens (primary N) is 14. The van der Waals surface area contributed by atoms with E-state index in [-0.39, 0.29) is 91.0 Å². The van der Waals surface area contributed by atoms with Crippen LogP contribution in [0.25, 0.3) is 0 Å². The van der Waals surface area contributed by atoms with Gasteiger partial charge in [-0.3, -0.25) is 0 Å². The summed E-state index contributed by atoms with van der Waals surface area (Å²) in [5, 5.41) is 2.87. The van der Waals surface area contributed by atoms with Gasteiger partial charge in [-0.1, -0.05) is 0 Å². The molecule has 17 nitrogen and oxygen atoms in total. The van der Waals surface area contributed by atoms with Crippen LogP contribution < -0.4 is 85.0 Å². The molecule has 0 amide bonds. The van der Waals surface area contributed by atoms with Crippen LogP contribution in [-0.2, 0) is 0 Å². The van der Waals surface area contributed by atoms with Crippen LogP contribution >= 0.6 is 0 Å². The van der Waals surface area contributed by atoms with Gasteiger partial charge in [0, 0.05) is 6.07 Å². The molecule has 0 heterocycles. The summed E-state index contributed by atoms with van der Waals surface area (Å²) in [5.41, 5.74) is 76.3. The fourth-order valence-electron chi connectivity index (χ4n) is 3.88. The van der Waals surface area contributed by atoms with E-state index in [9.17, 15) is 4.91 Å². The van der Waals surface area contributed by atoms with Crippen LogP contribution in [0, 0.1) is 4.91 Å². The average Bonchev–Trinajstić information content (AvgIpc) is 2.81. The highest BCUT2D eigenvalue weighted by Crippen LogP contribution is 2.60. The van der Waals surface area contributed by atoms with Gasteiger partial charge >= 0.3 is 0 Å². The molecule has 3 aromatic carbocycles. The first-order valence-electron chi connectivity index (χ1n) is 9.67. The van der Waals surface area contributed by atoms with Crippen molar-refractivity contribution in [2.24, 2.45) is 11.0 Å². The molecule has 1 atom stereocenters. The van der Waals surface area contributed by atoms with Crippen molar-refractivity contribution >= 4 is 96.7 Å². The number of anilines is 13. The van der Waals surface area contributed by atoms with Crippen molar-refractivity contribution in [1.29, 1.82) is 0 Å². The third-order valence-electron chi connectivity index (χ3n) is 5.91. The highest BCUT2D eigenvalue weighted by atomic mass is 16.3. The lowest BCUT2D eigenvalue weighted by atomic mass is 10.0. The monoisotopic (exact) mass is 485 g/mol. The second-order valence-electron chi connectivity index (χ2n) is 7.81. The Hall–Kier alpha value is -5.42. The third kappa shape index (κ3) is 2.96.